The molecule has 2 aromatic carbocycles. The summed E-state index contributed by atoms with van der Waals surface area (Å²) in [6.07, 6.45) is -4.30. The molecule has 0 aromatic heterocycles. The zero-order chi connectivity index (χ0) is 19.2. The third kappa shape index (κ3) is 5.92. The Kier molecular flexibility index (Phi) is 6.87. The fourth-order valence-corrected chi connectivity index (χ4v) is 2.43. The molecule has 5 nitrogen and oxygen atoms in total. The van der Waals surface area contributed by atoms with Crippen molar-refractivity contribution in [3.05, 3.63) is 46.9 Å². The minimum Gasteiger partial charge on any atom is -0.396 e. The van der Waals surface area contributed by atoms with Crippen LogP contribution in [0, 0.1) is 0 Å². The summed E-state index contributed by atoms with van der Waals surface area (Å²) < 4.78 is 37.6. The lowest BCUT2D eigenvalue weighted by Crippen LogP contribution is -2.29. The lowest BCUT2D eigenvalue weighted by atomic mass is 10.2. The Labute approximate surface area is 156 Å². The van der Waals surface area contributed by atoms with Gasteiger partial charge in [0.05, 0.1) is 5.69 Å². The molecule has 2 aromatic rings. The topological polar surface area (TPSA) is 73.4 Å². The molecule has 0 atom stereocenters. The van der Waals surface area contributed by atoms with Crippen LogP contribution in [0.2, 0.25) is 0 Å². The highest BCUT2D eigenvalue weighted by Crippen LogP contribution is 2.28. The van der Waals surface area contributed by atoms with E-state index in [0.29, 0.717) is 18.7 Å². The van der Waals surface area contributed by atoms with Crippen LogP contribution in [-0.2, 0) is 4.79 Å². The number of aliphatic hydroxyl groups is 1. The predicted octanol–water partition coefficient (Wildman–Crippen LogP) is 4.49. The van der Waals surface area contributed by atoms with Crippen LogP contribution in [0.3, 0.4) is 0 Å². The molecular formula is C17H17BrF3N3O2. The van der Waals surface area contributed by atoms with E-state index in [2.05, 4.69) is 26.6 Å². The lowest BCUT2D eigenvalue weighted by molar-refractivity contribution is -0.167. The van der Waals surface area contributed by atoms with Gasteiger partial charge in [-0.3, -0.25) is 4.79 Å². The number of halogens is 4. The summed E-state index contributed by atoms with van der Waals surface area (Å²) in [7, 11) is 0. The first-order chi connectivity index (χ1) is 12.3. The number of benzene rings is 2. The largest absolute Gasteiger partial charge is 0.471 e. The quantitative estimate of drug-likeness (QED) is 0.487. The van der Waals surface area contributed by atoms with Crippen molar-refractivity contribution in [1.82, 2.24) is 0 Å². The second kappa shape index (κ2) is 8.91. The van der Waals surface area contributed by atoms with E-state index >= 15 is 0 Å². The van der Waals surface area contributed by atoms with Crippen LogP contribution in [0.4, 0.5) is 35.9 Å². The molecule has 0 bridgehead atoms. The van der Waals surface area contributed by atoms with Gasteiger partial charge in [-0.2, -0.15) is 13.2 Å². The number of carbonyl (C=O) groups is 1. The Bertz CT molecular complexity index is 752. The molecule has 0 aliphatic carbocycles. The number of carbonyl (C=O) groups excluding carboxylic acids is 1. The van der Waals surface area contributed by atoms with Crippen LogP contribution in [0.1, 0.15) is 6.42 Å². The molecule has 0 radical (unpaired) electrons. The van der Waals surface area contributed by atoms with Crippen molar-refractivity contribution < 1.29 is 23.1 Å². The molecule has 0 saturated heterocycles. The first-order valence-corrected chi connectivity index (χ1v) is 8.48. The highest BCUT2D eigenvalue weighted by molar-refractivity contribution is 9.10. The van der Waals surface area contributed by atoms with Crippen molar-refractivity contribution >= 4 is 44.6 Å². The van der Waals surface area contributed by atoms with Crippen LogP contribution in [0.5, 0.6) is 0 Å². The van der Waals surface area contributed by atoms with Gasteiger partial charge in [0, 0.05) is 34.7 Å². The maximum Gasteiger partial charge on any atom is 0.471 e. The zero-order valence-corrected chi connectivity index (χ0v) is 15.1. The first-order valence-electron chi connectivity index (χ1n) is 7.69. The second-order valence-electron chi connectivity index (χ2n) is 5.35. The molecular weight excluding hydrogens is 415 g/mol. The van der Waals surface area contributed by atoms with Crippen molar-refractivity contribution in [3.8, 4) is 0 Å². The highest BCUT2D eigenvalue weighted by Gasteiger charge is 2.38. The van der Waals surface area contributed by atoms with Gasteiger partial charge in [0.1, 0.15) is 0 Å². The molecule has 0 aliphatic rings. The zero-order valence-electron chi connectivity index (χ0n) is 13.5. The van der Waals surface area contributed by atoms with E-state index in [4.69, 9.17) is 5.11 Å². The third-order valence-electron chi connectivity index (χ3n) is 3.31. The summed E-state index contributed by atoms with van der Waals surface area (Å²) >= 11 is 3.43. The van der Waals surface area contributed by atoms with Crippen molar-refractivity contribution in [2.75, 3.05) is 29.1 Å². The summed E-state index contributed by atoms with van der Waals surface area (Å²) in [4.78, 5) is 10.9. The summed E-state index contributed by atoms with van der Waals surface area (Å²) in [5.74, 6) is -2.01. The molecule has 0 unspecified atom stereocenters. The molecule has 2 rings (SSSR count). The summed E-state index contributed by atoms with van der Waals surface area (Å²) in [6.45, 7) is 0.714. The molecule has 0 spiro atoms. The Morgan fingerprint density at radius 1 is 1.04 bits per heavy atom. The number of alkyl halides is 3. The van der Waals surface area contributed by atoms with Crippen LogP contribution < -0.4 is 16.0 Å². The van der Waals surface area contributed by atoms with Gasteiger partial charge in [0.15, 0.2) is 0 Å². The van der Waals surface area contributed by atoms with Crippen molar-refractivity contribution in [1.29, 1.82) is 0 Å². The van der Waals surface area contributed by atoms with Gasteiger partial charge in [-0.1, -0.05) is 0 Å². The van der Waals surface area contributed by atoms with E-state index in [9.17, 15) is 18.0 Å². The second-order valence-corrected chi connectivity index (χ2v) is 6.21. The number of hydrogen-bond donors (Lipinski definition) is 4. The van der Waals surface area contributed by atoms with Gasteiger partial charge < -0.3 is 21.1 Å². The lowest BCUT2D eigenvalue weighted by Gasteiger charge is -2.13. The van der Waals surface area contributed by atoms with Gasteiger partial charge in [-0.15, -0.1) is 0 Å². The average Bonchev–Trinajstić information content (AvgIpc) is 2.58. The molecule has 0 heterocycles. The fourth-order valence-electron chi connectivity index (χ4n) is 2.05. The fraction of sp³-hybridized carbons (Fsp3) is 0.235. The SMILES string of the molecule is O=C(Nc1ccc(Nc2ccc(Br)c(NCCCO)c2)cc1)C(F)(F)F. The number of anilines is 4. The first kappa shape index (κ1) is 20.1. The van der Waals surface area contributed by atoms with E-state index in [0.717, 1.165) is 15.8 Å². The Morgan fingerprint density at radius 2 is 1.65 bits per heavy atom. The maximum absolute atomic E-state index is 12.2. The van der Waals surface area contributed by atoms with Gasteiger partial charge in [0.2, 0.25) is 0 Å². The van der Waals surface area contributed by atoms with Gasteiger partial charge in [-0.05, 0) is 64.8 Å². The van der Waals surface area contributed by atoms with E-state index in [1.54, 1.807) is 17.4 Å². The monoisotopic (exact) mass is 431 g/mol. The summed E-state index contributed by atoms with van der Waals surface area (Å²) in [5, 5.41) is 16.9. The van der Waals surface area contributed by atoms with Gasteiger partial charge in [-0.25, -0.2) is 0 Å². The minimum absolute atomic E-state index is 0.0556. The minimum atomic E-state index is -4.92. The number of amides is 1. The number of nitrogens with one attached hydrogen (secondary N) is 3. The standard InChI is InChI=1S/C17H17BrF3N3O2/c18-14-7-6-13(10-15(14)22-8-1-9-25)23-11-2-4-12(5-3-11)24-16(26)17(19,20)21/h2-7,10,22-23,25H,1,8-9H2,(H,24,26). The molecule has 140 valence electrons. The maximum atomic E-state index is 12.2. The summed E-state index contributed by atoms with van der Waals surface area (Å²) in [5.41, 5.74) is 2.32. The molecule has 9 heteroatoms. The molecule has 0 saturated carbocycles. The predicted molar refractivity (Wildman–Crippen MR) is 98.7 cm³/mol. The normalized spacial score (nSPS) is 11.1. The molecule has 0 fully saturated rings. The van der Waals surface area contributed by atoms with Crippen LogP contribution in [0.15, 0.2) is 46.9 Å². The van der Waals surface area contributed by atoms with Crippen LogP contribution in [0.25, 0.3) is 0 Å². The Balaban J connectivity index is 2.02. The van der Waals surface area contributed by atoms with Crippen molar-refractivity contribution in [3.63, 3.8) is 0 Å². The number of rotatable bonds is 7. The summed E-state index contributed by atoms with van der Waals surface area (Å²) in [6, 6.07) is 11.4. The number of hydrogen-bond acceptors (Lipinski definition) is 4. The van der Waals surface area contributed by atoms with Crippen molar-refractivity contribution in [2.45, 2.75) is 12.6 Å². The van der Waals surface area contributed by atoms with Crippen LogP contribution >= 0.6 is 15.9 Å². The van der Waals surface area contributed by atoms with E-state index < -0.39 is 12.1 Å². The molecule has 26 heavy (non-hydrogen) atoms. The smallest absolute Gasteiger partial charge is 0.396 e. The Morgan fingerprint density at radius 3 is 2.27 bits per heavy atom. The Hall–Kier alpha value is -2.26. The van der Waals surface area contributed by atoms with Crippen LogP contribution in [-0.4, -0.2) is 30.3 Å². The molecule has 0 aliphatic heterocycles. The molecule has 1 amide bonds. The van der Waals surface area contributed by atoms with E-state index in [1.807, 2.05) is 18.2 Å². The van der Waals surface area contributed by atoms with Gasteiger partial charge in [0.25, 0.3) is 0 Å². The number of aliphatic hydroxyl groups excluding tert-OH is 1. The average molecular weight is 432 g/mol. The third-order valence-corrected chi connectivity index (χ3v) is 4.00. The van der Waals surface area contributed by atoms with Gasteiger partial charge >= 0.3 is 12.1 Å². The van der Waals surface area contributed by atoms with Crippen molar-refractivity contribution in [2.24, 2.45) is 0 Å². The highest BCUT2D eigenvalue weighted by atomic mass is 79.9. The van der Waals surface area contributed by atoms with E-state index in [1.165, 1.54) is 12.1 Å². The molecule has 4 N–H and O–H groups in total. The van der Waals surface area contributed by atoms with E-state index in [-0.39, 0.29) is 12.3 Å².